The van der Waals surface area contributed by atoms with Crippen molar-refractivity contribution in [3.63, 3.8) is 0 Å². The molecule has 3 aromatic heterocycles. The Morgan fingerprint density at radius 2 is 1.40 bits per heavy atom. The Morgan fingerprint density at radius 3 is 2.15 bits per heavy atom. The summed E-state index contributed by atoms with van der Waals surface area (Å²) < 4.78 is 28.3. The molecule has 3 heterocycles. The number of para-hydroxylation sites is 1. The Kier molecular flexibility index (Phi) is 13.3. The number of H-pyrrole nitrogens is 1. The Balaban J connectivity index is 0.000000203. The summed E-state index contributed by atoms with van der Waals surface area (Å²) in [6, 6.07) is 24.8. The molecule has 0 saturated carbocycles. The fourth-order valence-corrected chi connectivity index (χ4v) is 6.26. The number of carbonyl (C=O) groups is 4. The third-order valence-corrected chi connectivity index (χ3v) is 9.05. The summed E-state index contributed by atoms with van der Waals surface area (Å²) in [4.78, 5) is 48.8. The maximum Gasteiger partial charge on any atom is 0.380 e. The third kappa shape index (κ3) is 10.2. The number of carboxylic acid groups (broad SMARTS) is 1. The maximum absolute atomic E-state index is 12.0. The number of carboxylic acids is 1. The van der Waals surface area contributed by atoms with Gasteiger partial charge in [0.1, 0.15) is 56.4 Å². The second-order valence-corrected chi connectivity index (χ2v) is 12.7. The van der Waals surface area contributed by atoms with Crippen molar-refractivity contribution in [3.8, 4) is 22.3 Å². The van der Waals surface area contributed by atoms with E-state index >= 15 is 0 Å². The molecule has 0 aliphatic heterocycles. The highest BCUT2D eigenvalue weighted by Crippen LogP contribution is 2.32. The van der Waals surface area contributed by atoms with Crippen LogP contribution in [0.15, 0.2) is 96.5 Å². The van der Waals surface area contributed by atoms with E-state index in [1.165, 1.54) is 22.9 Å². The number of ether oxygens (including phenoxy) is 5. The van der Waals surface area contributed by atoms with Gasteiger partial charge in [0, 0.05) is 38.1 Å². The summed E-state index contributed by atoms with van der Waals surface area (Å²) in [5, 5.41) is 31.0. The largest absolute Gasteiger partial charge is 0.490 e. The second kappa shape index (κ2) is 18.5. The van der Waals surface area contributed by atoms with Gasteiger partial charge in [-0.3, -0.25) is 9.59 Å². The van der Waals surface area contributed by atoms with Crippen molar-refractivity contribution in [2.24, 2.45) is 0 Å². The van der Waals surface area contributed by atoms with Gasteiger partial charge >= 0.3 is 11.9 Å². The number of aliphatic carboxylic acids is 1. The number of benzene rings is 3. The van der Waals surface area contributed by atoms with Crippen LogP contribution < -0.4 is 18.9 Å². The molecule has 1 atom stereocenters. The molecule has 3 aromatic carbocycles. The van der Waals surface area contributed by atoms with E-state index in [2.05, 4.69) is 9.72 Å². The van der Waals surface area contributed by atoms with E-state index in [0.717, 1.165) is 39.1 Å². The molecule has 52 heavy (non-hydrogen) atoms. The Hall–Kier alpha value is -5.74. The first-order valence-electron chi connectivity index (χ1n) is 15.7. The first kappa shape index (κ1) is 37.5. The summed E-state index contributed by atoms with van der Waals surface area (Å²) in [7, 11) is 0. The SMILES string of the molecule is O=C(O)C(=O)c1ccc(OCCOc2csc3ccccc23)cc1.O=C(OCC(O)CO)C(=O)c1ccc(OCCOc2c[nH]c3ccccc23)s1. The van der Waals surface area contributed by atoms with Crippen LogP contribution in [0.1, 0.15) is 20.0 Å². The minimum absolute atomic E-state index is 0.121. The van der Waals surface area contributed by atoms with Gasteiger partial charge in [-0.05, 0) is 60.7 Å². The summed E-state index contributed by atoms with van der Waals surface area (Å²) in [5.74, 6) is -2.22. The molecule has 0 aliphatic carbocycles. The van der Waals surface area contributed by atoms with Gasteiger partial charge in [0.15, 0.2) is 5.06 Å². The second-order valence-electron chi connectivity index (χ2n) is 10.7. The van der Waals surface area contributed by atoms with Crippen LogP contribution >= 0.6 is 22.7 Å². The fraction of sp³-hybridized carbons (Fsp3) is 0.189. The summed E-state index contributed by atoms with van der Waals surface area (Å²) >= 11 is 2.64. The molecular formula is C37H33NO12S2. The molecule has 4 N–H and O–H groups in total. The Bertz CT molecular complexity index is 2120. The van der Waals surface area contributed by atoms with Gasteiger partial charge in [-0.2, -0.15) is 0 Å². The van der Waals surface area contributed by atoms with Crippen molar-refractivity contribution in [1.82, 2.24) is 4.98 Å². The van der Waals surface area contributed by atoms with Gasteiger partial charge in [-0.25, -0.2) is 9.59 Å². The van der Waals surface area contributed by atoms with Gasteiger partial charge in [0.25, 0.3) is 11.6 Å². The average molecular weight is 748 g/mol. The zero-order chi connectivity index (χ0) is 36.9. The molecule has 0 amide bonds. The molecule has 270 valence electrons. The predicted molar refractivity (Wildman–Crippen MR) is 193 cm³/mol. The summed E-state index contributed by atoms with van der Waals surface area (Å²) in [6.07, 6.45) is 0.572. The molecule has 15 heteroatoms. The van der Waals surface area contributed by atoms with Crippen LogP contribution in [0.25, 0.3) is 21.0 Å². The van der Waals surface area contributed by atoms with Crippen molar-refractivity contribution in [2.45, 2.75) is 6.10 Å². The van der Waals surface area contributed by atoms with Crippen LogP contribution in [0.3, 0.4) is 0 Å². The van der Waals surface area contributed by atoms with Crippen molar-refractivity contribution in [3.05, 3.63) is 107 Å². The molecule has 0 fully saturated rings. The maximum atomic E-state index is 12.0. The lowest BCUT2D eigenvalue weighted by atomic mass is 10.1. The first-order chi connectivity index (χ1) is 25.2. The first-order valence-corrected chi connectivity index (χ1v) is 17.4. The molecule has 0 spiro atoms. The van der Waals surface area contributed by atoms with Crippen molar-refractivity contribution in [2.75, 3.05) is 39.6 Å². The number of thiophene rings is 2. The monoisotopic (exact) mass is 747 g/mol. The number of aliphatic hydroxyl groups excluding tert-OH is 2. The van der Waals surface area contributed by atoms with E-state index in [4.69, 9.17) is 34.3 Å². The van der Waals surface area contributed by atoms with Gasteiger partial charge in [-0.1, -0.05) is 35.6 Å². The highest BCUT2D eigenvalue weighted by atomic mass is 32.1. The number of aliphatic hydroxyl groups is 2. The van der Waals surface area contributed by atoms with Gasteiger partial charge < -0.3 is 44.0 Å². The summed E-state index contributed by atoms with van der Waals surface area (Å²) in [5.41, 5.74) is 1.11. The molecule has 0 aliphatic rings. The van der Waals surface area contributed by atoms with Crippen molar-refractivity contribution >= 4 is 67.2 Å². The average Bonchev–Trinajstić information content (AvgIpc) is 3.93. The number of rotatable bonds is 17. The van der Waals surface area contributed by atoms with Crippen molar-refractivity contribution < 1.29 is 58.2 Å². The standard InChI is InChI=1S/C19H19NO7S.C18H14O5S/c21-10-12(22)11-27-19(24)18(23)16-5-6-17(28-16)26-8-7-25-15-9-20-14-4-2-1-3-13(14)15;19-17(18(20)21)12-5-7-13(8-6-12)22-9-10-23-15-11-24-16-4-2-1-3-14(15)16/h1-6,9,12,20-22H,7-8,10-11H2;1-8,11H,9-10H2,(H,20,21). The molecule has 6 rings (SSSR count). The molecule has 6 aromatic rings. The summed E-state index contributed by atoms with van der Waals surface area (Å²) in [6.45, 7) is 0.303. The zero-order valence-corrected chi connectivity index (χ0v) is 29.0. The number of carbonyl (C=O) groups excluding carboxylic acids is 3. The van der Waals surface area contributed by atoms with E-state index in [1.54, 1.807) is 35.7 Å². The number of aromatic nitrogens is 1. The lowest BCUT2D eigenvalue weighted by molar-refractivity contribution is -0.141. The number of aromatic amines is 1. The number of fused-ring (bicyclic) bond motifs is 2. The fourth-order valence-electron chi connectivity index (χ4n) is 4.57. The Morgan fingerprint density at radius 1 is 0.731 bits per heavy atom. The van der Waals surface area contributed by atoms with Crippen LogP contribution in [0, 0.1) is 0 Å². The predicted octanol–water partition coefficient (Wildman–Crippen LogP) is 5.39. The number of Topliss-reactive ketones (excluding diaryl/α,β-unsaturated/α-hetero) is 2. The van der Waals surface area contributed by atoms with E-state index in [9.17, 15) is 19.2 Å². The molecule has 0 radical (unpaired) electrons. The van der Waals surface area contributed by atoms with Crippen LogP contribution in [-0.2, 0) is 14.3 Å². The lowest BCUT2D eigenvalue weighted by Crippen LogP contribution is -2.25. The molecule has 1 unspecified atom stereocenters. The number of nitrogens with one attached hydrogen (secondary N) is 1. The highest BCUT2D eigenvalue weighted by molar-refractivity contribution is 7.17. The Labute approximate surface area is 304 Å². The minimum Gasteiger partial charge on any atom is -0.490 e. The van der Waals surface area contributed by atoms with Crippen LogP contribution in [0.2, 0.25) is 0 Å². The van der Waals surface area contributed by atoms with Gasteiger partial charge in [-0.15, -0.1) is 11.3 Å². The van der Waals surface area contributed by atoms with Crippen LogP contribution in [-0.4, -0.2) is 89.6 Å². The van der Waals surface area contributed by atoms with E-state index in [1.807, 2.05) is 53.9 Å². The van der Waals surface area contributed by atoms with Crippen molar-refractivity contribution in [1.29, 1.82) is 0 Å². The van der Waals surface area contributed by atoms with E-state index < -0.39 is 42.8 Å². The van der Waals surface area contributed by atoms with E-state index in [-0.39, 0.29) is 17.0 Å². The normalized spacial score (nSPS) is 11.3. The molecule has 13 nitrogen and oxygen atoms in total. The molecule has 0 bridgehead atoms. The lowest BCUT2D eigenvalue weighted by Gasteiger charge is -2.08. The topological polar surface area (TPSA) is 191 Å². The third-order valence-electron chi connectivity index (χ3n) is 7.11. The molecule has 0 saturated heterocycles. The number of ketones is 2. The zero-order valence-electron chi connectivity index (χ0n) is 27.4. The van der Waals surface area contributed by atoms with Gasteiger partial charge in [0.05, 0.1) is 11.5 Å². The highest BCUT2D eigenvalue weighted by Gasteiger charge is 2.21. The smallest absolute Gasteiger partial charge is 0.380 e. The van der Waals surface area contributed by atoms with Crippen LogP contribution in [0.4, 0.5) is 0 Å². The number of esters is 1. The number of hydrogen-bond acceptors (Lipinski definition) is 13. The minimum atomic E-state index is -1.47. The van der Waals surface area contributed by atoms with E-state index in [0.29, 0.717) is 30.6 Å². The van der Waals surface area contributed by atoms with Crippen LogP contribution in [0.5, 0.6) is 22.3 Å². The van der Waals surface area contributed by atoms with Gasteiger partial charge in [0.2, 0.25) is 0 Å². The quantitative estimate of drug-likeness (QED) is 0.0403. The molecular weight excluding hydrogens is 715 g/mol. The number of hydrogen-bond donors (Lipinski definition) is 4.